The number of rotatable bonds is 7. The van der Waals surface area contributed by atoms with Crippen LogP contribution in [0.15, 0.2) is 0 Å². The van der Waals surface area contributed by atoms with Crippen LogP contribution >= 0.6 is 0 Å². The lowest BCUT2D eigenvalue weighted by atomic mass is 9.81. The summed E-state index contributed by atoms with van der Waals surface area (Å²) in [5, 5.41) is 3.53. The summed E-state index contributed by atoms with van der Waals surface area (Å²) in [7, 11) is 2.11. The highest BCUT2D eigenvalue weighted by molar-refractivity contribution is 4.88. The Kier molecular flexibility index (Phi) is 5.30. The van der Waals surface area contributed by atoms with Crippen LogP contribution in [0.4, 0.5) is 0 Å². The summed E-state index contributed by atoms with van der Waals surface area (Å²) in [6.45, 7) is 3.00. The maximum Gasteiger partial charge on any atom is 0.0755 e. The summed E-state index contributed by atoms with van der Waals surface area (Å²) >= 11 is 0. The molecule has 0 aromatic rings. The minimum Gasteiger partial charge on any atom is -0.377 e. The van der Waals surface area contributed by atoms with Crippen molar-refractivity contribution in [3.8, 4) is 0 Å². The molecule has 2 unspecified atom stereocenters. The van der Waals surface area contributed by atoms with Gasteiger partial charge in [-0.3, -0.25) is 0 Å². The zero-order valence-electron chi connectivity index (χ0n) is 11.6. The van der Waals surface area contributed by atoms with Gasteiger partial charge >= 0.3 is 0 Å². The van der Waals surface area contributed by atoms with Gasteiger partial charge in [-0.05, 0) is 45.1 Å². The molecule has 0 aromatic carbocycles. The first-order valence-corrected chi connectivity index (χ1v) is 7.64. The molecule has 0 aliphatic heterocycles. The second kappa shape index (κ2) is 6.75. The average Bonchev–Trinajstić information content (AvgIpc) is 3.18. The molecule has 0 radical (unpaired) electrons. The number of likely N-dealkylation sites (N-methyl/N-ethyl adjacent to an activating group) is 1. The van der Waals surface area contributed by atoms with Crippen molar-refractivity contribution >= 4 is 0 Å². The molecule has 0 spiro atoms. The molecular formula is C15H29NO. The van der Waals surface area contributed by atoms with Crippen LogP contribution in [0.5, 0.6) is 0 Å². The first-order valence-electron chi connectivity index (χ1n) is 7.64. The van der Waals surface area contributed by atoms with Gasteiger partial charge in [0.15, 0.2) is 0 Å². The first-order chi connectivity index (χ1) is 8.35. The molecule has 2 rings (SSSR count). The van der Waals surface area contributed by atoms with Crippen molar-refractivity contribution in [1.82, 2.24) is 5.32 Å². The molecule has 2 fully saturated rings. The van der Waals surface area contributed by atoms with Gasteiger partial charge < -0.3 is 10.1 Å². The van der Waals surface area contributed by atoms with Gasteiger partial charge in [0.1, 0.15) is 0 Å². The van der Waals surface area contributed by atoms with E-state index in [0.29, 0.717) is 12.1 Å². The van der Waals surface area contributed by atoms with Crippen LogP contribution in [0, 0.1) is 11.8 Å². The predicted molar refractivity (Wildman–Crippen MR) is 72.2 cm³/mol. The highest BCUT2D eigenvalue weighted by Gasteiger charge is 2.34. The molecule has 2 nitrogen and oxygen atoms in total. The van der Waals surface area contributed by atoms with Gasteiger partial charge in [0, 0.05) is 12.6 Å². The smallest absolute Gasteiger partial charge is 0.0755 e. The third-order valence-electron chi connectivity index (χ3n) is 4.53. The highest BCUT2D eigenvalue weighted by atomic mass is 16.5. The molecule has 2 saturated carbocycles. The van der Waals surface area contributed by atoms with Crippen LogP contribution in [0.25, 0.3) is 0 Å². The second-order valence-corrected chi connectivity index (χ2v) is 5.89. The molecule has 2 atom stereocenters. The van der Waals surface area contributed by atoms with Gasteiger partial charge in [0.2, 0.25) is 0 Å². The molecule has 0 heterocycles. The van der Waals surface area contributed by atoms with Crippen molar-refractivity contribution in [2.45, 2.75) is 70.4 Å². The Morgan fingerprint density at radius 3 is 2.35 bits per heavy atom. The van der Waals surface area contributed by atoms with E-state index in [2.05, 4.69) is 19.3 Å². The van der Waals surface area contributed by atoms with E-state index >= 15 is 0 Å². The van der Waals surface area contributed by atoms with Gasteiger partial charge in [-0.2, -0.15) is 0 Å². The lowest BCUT2D eigenvalue weighted by molar-refractivity contribution is -0.0189. The number of nitrogens with one attached hydrogen (secondary N) is 1. The Bertz CT molecular complexity index is 209. The predicted octanol–water partition coefficient (Wildman–Crippen LogP) is 3.36. The van der Waals surface area contributed by atoms with Crippen molar-refractivity contribution in [3.05, 3.63) is 0 Å². The summed E-state index contributed by atoms with van der Waals surface area (Å²) in [6, 6.07) is 0.588. The van der Waals surface area contributed by atoms with Crippen molar-refractivity contribution in [2.75, 3.05) is 13.7 Å². The zero-order chi connectivity index (χ0) is 12.1. The summed E-state index contributed by atoms with van der Waals surface area (Å²) in [4.78, 5) is 0. The van der Waals surface area contributed by atoms with E-state index in [4.69, 9.17) is 4.74 Å². The molecule has 100 valence electrons. The summed E-state index contributed by atoms with van der Waals surface area (Å²) in [6.07, 6.45) is 11.7. The largest absolute Gasteiger partial charge is 0.377 e. The highest BCUT2D eigenvalue weighted by Crippen LogP contribution is 2.37. The standard InChI is InChI=1S/C15H29NO/c1-3-17-15(13-7-5-4-6-8-13)14(16-2)11-12-9-10-12/h12-16H,3-11H2,1-2H3. The second-order valence-electron chi connectivity index (χ2n) is 5.89. The van der Waals surface area contributed by atoms with Gasteiger partial charge in [-0.1, -0.05) is 32.1 Å². The van der Waals surface area contributed by atoms with Crippen LogP contribution in [0.3, 0.4) is 0 Å². The van der Waals surface area contributed by atoms with Crippen LogP contribution in [0.2, 0.25) is 0 Å². The monoisotopic (exact) mass is 239 g/mol. The maximum absolute atomic E-state index is 6.10. The Labute approximate surface area is 107 Å². The van der Waals surface area contributed by atoms with Crippen molar-refractivity contribution in [3.63, 3.8) is 0 Å². The van der Waals surface area contributed by atoms with E-state index in [1.807, 2.05) is 0 Å². The molecule has 0 amide bonds. The number of ether oxygens (including phenoxy) is 1. The van der Waals surface area contributed by atoms with Crippen molar-refractivity contribution < 1.29 is 4.74 Å². The minimum absolute atomic E-state index is 0.464. The quantitative estimate of drug-likeness (QED) is 0.735. The SMILES string of the molecule is CCOC(C1CCCCC1)C(CC1CC1)NC. The summed E-state index contributed by atoms with van der Waals surface area (Å²) in [5.74, 6) is 1.79. The lowest BCUT2D eigenvalue weighted by Crippen LogP contribution is -2.45. The van der Waals surface area contributed by atoms with Crippen LogP contribution in [-0.4, -0.2) is 25.8 Å². The fourth-order valence-electron chi connectivity index (χ4n) is 3.36. The van der Waals surface area contributed by atoms with Crippen LogP contribution in [0.1, 0.15) is 58.3 Å². The topological polar surface area (TPSA) is 21.3 Å². The Balaban J connectivity index is 1.91. The van der Waals surface area contributed by atoms with E-state index in [0.717, 1.165) is 18.4 Å². The molecule has 0 saturated heterocycles. The molecule has 0 bridgehead atoms. The van der Waals surface area contributed by atoms with Gasteiger partial charge in [-0.15, -0.1) is 0 Å². The van der Waals surface area contributed by atoms with Gasteiger partial charge in [-0.25, -0.2) is 0 Å². The lowest BCUT2D eigenvalue weighted by Gasteiger charge is -2.35. The summed E-state index contributed by atoms with van der Waals surface area (Å²) in [5.41, 5.74) is 0. The molecule has 0 aromatic heterocycles. The first kappa shape index (κ1) is 13.4. The summed E-state index contributed by atoms with van der Waals surface area (Å²) < 4.78 is 6.10. The molecule has 2 heteroatoms. The molecule has 17 heavy (non-hydrogen) atoms. The number of hydrogen-bond acceptors (Lipinski definition) is 2. The molecule has 2 aliphatic rings. The average molecular weight is 239 g/mol. The number of hydrogen-bond donors (Lipinski definition) is 1. The Morgan fingerprint density at radius 2 is 1.82 bits per heavy atom. The van der Waals surface area contributed by atoms with Crippen molar-refractivity contribution in [1.29, 1.82) is 0 Å². The van der Waals surface area contributed by atoms with E-state index in [1.165, 1.54) is 51.4 Å². The van der Waals surface area contributed by atoms with Crippen molar-refractivity contribution in [2.24, 2.45) is 11.8 Å². The third-order valence-corrected chi connectivity index (χ3v) is 4.53. The fourth-order valence-corrected chi connectivity index (χ4v) is 3.36. The molecule has 1 N–H and O–H groups in total. The molecular weight excluding hydrogens is 210 g/mol. The fraction of sp³-hybridized carbons (Fsp3) is 1.00. The van der Waals surface area contributed by atoms with E-state index < -0.39 is 0 Å². The van der Waals surface area contributed by atoms with Gasteiger partial charge in [0.05, 0.1) is 6.10 Å². The zero-order valence-corrected chi connectivity index (χ0v) is 11.6. The normalized spacial score (nSPS) is 25.8. The van der Waals surface area contributed by atoms with Crippen LogP contribution < -0.4 is 5.32 Å². The maximum atomic E-state index is 6.10. The Hall–Kier alpha value is -0.0800. The van der Waals surface area contributed by atoms with Gasteiger partial charge in [0.25, 0.3) is 0 Å². The third kappa shape index (κ3) is 3.96. The van der Waals surface area contributed by atoms with Crippen LogP contribution in [-0.2, 0) is 4.74 Å². The minimum atomic E-state index is 0.464. The Morgan fingerprint density at radius 1 is 1.12 bits per heavy atom. The molecule has 2 aliphatic carbocycles. The van der Waals surface area contributed by atoms with E-state index in [9.17, 15) is 0 Å². The van der Waals surface area contributed by atoms with E-state index in [-0.39, 0.29) is 0 Å². The van der Waals surface area contributed by atoms with E-state index in [1.54, 1.807) is 0 Å².